The lowest BCUT2D eigenvalue weighted by molar-refractivity contribution is -0.128. The number of thiocarbonyl (C=S) groups is 1. The fourth-order valence-corrected chi connectivity index (χ4v) is 4.06. The van der Waals surface area contributed by atoms with Gasteiger partial charge >= 0.3 is 6.09 Å². The number of anilines is 2. The third kappa shape index (κ3) is 5.30. The fourth-order valence-electron chi connectivity index (χ4n) is 3.52. The van der Waals surface area contributed by atoms with Crippen molar-refractivity contribution < 1.29 is 18.7 Å². The van der Waals surface area contributed by atoms with Crippen LogP contribution in [0.4, 0.5) is 20.6 Å². The van der Waals surface area contributed by atoms with Crippen molar-refractivity contribution in [1.82, 2.24) is 4.90 Å². The lowest BCUT2D eigenvalue weighted by Crippen LogP contribution is -2.49. The van der Waals surface area contributed by atoms with Crippen molar-refractivity contribution in [3.05, 3.63) is 24.0 Å². The number of thioether (sulfide) groups is 1. The van der Waals surface area contributed by atoms with Crippen molar-refractivity contribution in [1.29, 1.82) is 0 Å². The van der Waals surface area contributed by atoms with Gasteiger partial charge in [-0.15, -0.1) is 0 Å². The molecule has 158 valence electrons. The molecule has 0 unspecified atom stereocenters. The van der Waals surface area contributed by atoms with E-state index < -0.39 is 11.9 Å². The van der Waals surface area contributed by atoms with Crippen LogP contribution in [-0.4, -0.2) is 72.7 Å². The average molecular weight is 441 g/mol. The quantitative estimate of drug-likeness (QED) is 0.652. The Morgan fingerprint density at radius 2 is 2.07 bits per heavy atom. The number of halogens is 1. The molecule has 0 spiro atoms. The molecule has 2 amide bonds. The van der Waals surface area contributed by atoms with E-state index in [4.69, 9.17) is 22.7 Å². The minimum Gasteiger partial charge on any atom is -0.444 e. The van der Waals surface area contributed by atoms with Gasteiger partial charge in [0, 0.05) is 32.6 Å². The number of hydrogen-bond donors (Lipinski definition) is 1. The predicted molar refractivity (Wildman–Crippen MR) is 117 cm³/mol. The molecule has 2 aliphatic heterocycles. The van der Waals surface area contributed by atoms with Crippen molar-refractivity contribution in [3.63, 3.8) is 0 Å². The molecule has 29 heavy (non-hydrogen) atoms. The summed E-state index contributed by atoms with van der Waals surface area (Å²) in [4.78, 5) is 29.7. The van der Waals surface area contributed by atoms with Crippen molar-refractivity contribution in [2.24, 2.45) is 5.73 Å². The predicted octanol–water partition coefficient (Wildman–Crippen LogP) is 2.23. The van der Waals surface area contributed by atoms with E-state index in [2.05, 4.69) is 0 Å². The number of cyclic esters (lactones) is 1. The number of nitrogens with two attached hydrogens (primary N) is 1. The van der Waals surface area contributed by atoms with Crippen molar-refractivity contribution >= 4 is 52.3 Å². The Balaban J connectivity index is 1.62. The topological polar surface area (TPSA) is 79.1 Å². The van der Waals surface area contributed by atoms with E-state index in [1.165, 1.54) is 22.7 Å². The van der Waals surface area contributed by atoms with Gasteiger partial charge < -0.3 is 20.3 Å². The van der Waals surface area contributed by atoms with Crippen LogP contribution in [0.1, 0.15) is 12.8 Å². The Hall–Kier alpha value is -2.07. The summed E-state index contributed by atoms with van der Waals surface area (Å²) in [6.45, 7) is 2.64. The van der Waals surface area contributed by atoms with Gasteiger partial charge in [0.1, 0.15) is 11.9 Å². The molecule has 2 saturated heterocycles. The Labute approximate surface area is 179 Å². The van der Waals surface area contributed by atoms with Crippen LogP contribution in [0.3, 0.4) is 0 Å². The maximum Gasteiger partial charge on any atom is 0.414 e. The first kappa shape index (κ1) is 21.6. The summed E-state index contributed by atoms with van der Waals surface area (Å²) in [7, 11) is 0. The van der Waals surface area contributed by atoms with Gasteiger partial charge in [0.2, 0.25) is 5.91 Å². The summed E-state index contributed by atoms with van der Waals surface area (Å²) in [6, 6.07) is 4.76. The number of nitrogens with zero attached hydrogens (tertiary/aromatic N) is 3. The molecule has 2 aliphatic rings. The molecule has 10 heteroatoms. The maximum atomic E-state index is 14.8. The largest absolute Gasteiger partial charge is 0.444 e. The van der Waals surface area contributed by atoms with E-state index in [0.717, 1.165) is 0 Å². The Morgan fingerprint density at radius 3 is 2.69 bits per heavy atom. The summed E-state index contributed by atoms with van der Waals surface area (Å²) >= 11 is 6.36. The highest BCUT2D eigenvalue weighted by atomic mass is 32.2. The highest BCUT2D eigenvalue weighted by molar-refractivity contribution is 7.99. The number of ether oxygens (including phenoxy) is 1. The van der Waals surface area contributed by atoms with Crippen LogP contribution in [0.15, 0.2) is 18.2 Å². The zero-order valence-electron chi connectivity index (χ0n) is 16.3. The second-order valence-electron chi connectivity index (χ2n) is 7.06. The van der Waals surface area contributed by atoms with Gasteiger partial charge in [0.25, 0.3) is 0 Å². The summed E-state index contributed by atoms with van der Waals surface area (Å²) in [6.07, 6.45) is 2.15. The number of amides is 2. The SMILES string of the molecule is CSCC(=O)N1CCN(c2ccc(N3C[C@H](CCC(N)=S)OC3=O)cc2F)CC1. The van der Waals surface area contributed by atoms with E-state index in [9.17, 15) is 14.0 Å². The van der Waals surface area contributed by atoms with Crippen LogP contribution >= 0.6 is 24.0 Å². The molecular weight excluding hydrogens is 415 g/mol. The van der Waals surface area contributed by atoms with Gasteiger partial charge in [0.05, 0.1) is 28.7 Å². The summed E-state index contributed by atoms with van der Waals surface area (Å²) in [5.41, 5.74) is 6.44. The van der Waals surface area contributed by atoms with Gasteiger partial charge in [-0.1, -0.05) is 12.2 Å². The second-order valence-corrected chi connectivity index (χ2v) is 8.45. The molecule has 2 fully saturated rings. The molecular formula is C19H25FN4O3S2. The smallest absolute Gasteiger partial charge is 0.414 e. The van der Waals surface area contributed by atoms with Crippen LogP contribution < -0.4 is 15.5 Å². The minimum absolute atomic E-state index is 0.116. The number of benzene rings is 1. The molecule has 0 bridgehead atoms. The molecule has 0 saturated carbocycles. The van der Waals surface area contributed by atoms with Crippen LogP contribution in [0.25, 0.3) is 0 Å². The van der Waals surface area contributed by atoms with Crippen molar-refractivity contribution in [2.75, 3.05) is 54.5 Å². The summed E-state index contributed by atoms with van der Waals surface area (Å²) < 4.78 is 20.1. The molecule has 2 N–H and O–H groups in total. The number of rotatable bonds is 7. The van der Waals surface area contributed by atoms with Crippen LogP contribution in [-0.2, 0) is 9.53 Å². The Bertz CT molecular complexity index is 787. The summed E-state index contributed by atoms with van der Waals surface area (Å²) in [5, 5.41) is 0. The molecule has 0 aliphatic carbocycles. The highest BCUT2D eigenvalue weighted by Gasteiger charge is 2.33. The van der Waals surface area contributed by atoms with Crippen molar-refractivity contribution in [2.45, 2.75) is 18.9 Å². The Morgan fingerprint density at radius 1 is 1.34 bits per heavy atom. The molecule has 0 radical (unpaired) electrons. The second kappa shape index (κ2) is 9.62. The third-order valence-corrected chi connectivity index (χ3v) is 5.81. The number of carbonyl (C=O) groups is 2. The van der Waals surface area contributed by atoms with Crippen LogP contribution in [0, 0.1) is 5.82 Å². The molecule has 0 aromatic heterocycles. The molecule has 2 heterocycles. The first-order valence-corrected chi connectivity index (χ1v) is 11.3. The van der Waals surface area contributed by atoms with Crippen LogP contribution in [0.2, 0.25) is 0 Å². The van der Waals surface area contributed by atoms with Gasteiger partial charge in [-0.3, -0.25) is 9.69 Å². The van der Waals surface area contributed by atoms with Crippen LogP contribution in [0.5, 0.6) is 0 Å². The average Bonchev–Trinajstić information content (AvgIpc) is 3.07. The first-order valence-electron chi connectivity index (χ1n) is 9.46. The Kier molecular flexibility index (Phi) is 7.18. The molecule has 1 aromatic carbocycles. The van der Waals surface area contributed by atoms with Gasteiger partial charge in [-0.05, 0) is 30.9 Å². The normalized spacial score (nSPS) is 19.4. The lowest BCUT2D eigenvalue weighted by atomic mass is 10.1. The number of piperazine rings is 1. The molecule has 3 rings (SSSR count). The third-order valence-electron chi connectivity index (χ3n) is 5.07. The van der Waals surface area contributed by atoms with E-state index >= 15 is 0 Å². The standard InChI is InChI=1S/C19H25FN4O3S2/c1-29-12-18(25)23-8-6-22(7-9-23)16-4-2-13(10-15(16)20)24-11-14(27-19(24)26)3-5-17(21)28/h2,4,10,14H,3,5-9,11-12H2,1H3,(H2,21,28)/t14-/m0/s1. The first-order chi connectivity index (χ1) is 13.9. The molecule has 1 aromatic rings. The fraction of sp³-hybridized carbons (Fsp3) is 0.526. The lowest BCUT2D eigenvalue weighted by Gasteiger charge is -2.36. The monoisotopic (exact) mass is 440 g/mol. The zero-order valence-corrected chi connectivity index (χ0v) is 17.9. The molecule has 7 nitrogen and oxygen atoms in total. The summed E-state index contributed by atoms with van der Waals surface area (Å²) in [5.74, 6) is 0.184. The van der Waals surface area contributed by atoms with Crippen molar-refractivity contribution in [3.8, 4) is 0 Å². The zero-order chi connectivity index (χ0) is 21.0. The van der Waals surface area contributed by atoms with E-state index in [1.807, 2.05) is 16.1 Å². The number of hydrogen-bond acceptors (Lipinski definition) is 6. The minimum atomic E-state index is -0.494. The van der Waals surface area contributed by atoms with Gasteiger partial charge in [-0.2, -0.15) is 11.8 Å². The van der Waals surface area contributed by atoms with Gasteiger partial charge in [0.15, 0.2) is 0 Å². The van der Waals surface area contributed by atoms with Gasteiger partial charge in [-0.25, -0.2) is 9.18 Å². The van der Waals surface area contributed by atoms with E-state index in [-0.39, 0.29) is 12.0 Å². The molecule has 1 atom stereocenters. The number of carbonyl (C=O) groups excluding carboxylic acids is 2. The maximum absolute atomic E-state index is 14.8. The van der Waals surface area contributed by atoms with E-state index in [1.54, 1.807) is 12.1 Å². The van der Waals surface area contributed by atoms with E-state index in [0.29, 0.717) is 67.7 Å². The highest BCUT2D eigenvalue weighted by Crippen LogP contribution is 2.29.